The van der Waals surface area contributed by atoms with Crippen molar-refractivity contribution in [2.24, 2.45) is 0 Å². The van der Waals surface area contributed by atoms with E-state index in [0.29, 0.717) is 0 Å². The first-order chi connectivity index (χ1) is 17.0. The summed E-state index contributed by atoms with van der Waals surface area (Å²) in [7, 11) is -4.46. The molecule has 0 spiro atoms. The monoisotopic (exact) mass is 529 g/mol. The molecule has 4 N–H and O–H groups in total. The minimum absolute atomic E-state index is 0.0148. The average Bonchev–Trinajstić information content (AvgIpc) is 3.38. The minimum atomic E-state index is -4.46. The highest BCUT2D eigenvalue weighted by molar-refractivity contribution is 7.47. The van der Waals surface area contributed by atoms with Gasteiger partial charge in [-0.2, -0.15) is 0 Å². The van der Waals surface area contributed by atoms with Gasteiger partial charge < -0.3 is 29.9 Å². The Bertz CT molecular complexity index is 1250. The summed E-state index contributed by atoms with van der Waals surface area (Å²) >= 11 is 0. The number of carboxylic acids is 2. The Morgan fingerprint density at radius 1 is 1.11 bits per heavy atom. The van der Waals surface area contributed by atoms with Crippen LogP contribution in [0.2, 0.25) is 0 Å². The molecule has 0 bridgehead atoms. The maximum Gasteiger partial charge on any atom is 0.472 e. The Morgan fingerprint density at radius 3 is 2.56 bits per heavy atom. The molecule has 2 saturated heterocycles. The van der Waals surface area contributed by atoms with Crippen molar-refractivity contribution in [3.05, 3.63) is 12.7 Å². The summed E-state index contributed by atoms with van der Waals surface area (Å²) in [5.74, 6) is -3.92. The van der Waals surface area contributed by atoms with Crippen LogP contribution >= 0.6 is 7.82 Å². The Labute approximate surface area is 201 Å². The molecule has 4 rings (SSSR count). The summed E-state index contributed by atoms with van der Waals surface area (Å²) in [5.41, 5.74) is 0.211. The van der Waals surface area contributed by atoms with Crippen LogP contribution in [-0.4, -0.2) is 83.4 Å². The number of hydrogen-bond acceptors (Lipinski definition) is 12. The van der Waals surface area contributed by atoms with Gasteiger partial charge in [0.05, 0.1) is 32.2 Å². The molecule has 0 saturated carbocycles. The summed E-state index contributed by atoms with van der Waals surface area (Å²) < 4.78 is 34.5. The van der Waals surface area contributed by atoms with E-state index in [1.54, 1.807) is 0 Å². The van der Waals surface area contributed by atoms with Crippen LogP contribution in [0.25, 0.3) is 11.2 Å². The number of esters is 1. The molecule has 5 atom stereocenters. The van der Waals surface area contributed by atoms with Gasteiger partial charge in [0, 0.05) is 6.42 Å². The zero-order chi connectivity index (χ0) is 26.0. The lowest BCUT2D eigenvalue weighted by atomic mass is 10.1. The first-order valence-electron chi connectivity index (χ1n) is 10.5. The van der Waals surface area contributed by atoms with Gasteiger partial charge in [-0.05, 0) is 0 Å². The second-order valence-corrected chi connectivity index (χ2v) is 9.14. The molecule has 0 aromatic carbocycles. The molecule has 194 valence electrons. The minimum Gasteiger partial charge on any atom is -0.481 e. The van der Waals surface area contributed by atoms with E-state index in [2.05, 4.69) is 20.3 Å². The third kappa shape index (κ3) is 5.66. The van der Waals surface area contributed by atoms with E-state index in [-0.39, 0.29) is 36.4 Å². The molecule has 2 aromatic rings. The number of aromatic nitrogens is 4. The lowest BCUT2D eigenvalue weighted by Crippen LogP contribution is -2.41. The SMILES string of the molecule is O=C(O)CCC(=O)Nc1ncnc2c1ncn2[C@@H]1O[C@@H]2COP(=O)(O)O[C@H]2[C@@H]1OC(=O)CCC(=O)O. The zero-order valence-electron chi connectivity index (χ0n) is 18.3. The van der Waals surface area contributed by atoms with Crippen LogP contribution in [-0.2, 0) is 42.3 Å². The maximum absolute atomic E-state index is 12.3. The van der Waals surface area contributed by atoms with E-state index in [1.807, 2.05) is 0 Å². The fourth-order valence-electron chi connectivity index (χ4n) is 3.64. The van der Waals surface area contributed by atoms with Crippen molar-refractivity contribution in [3.63, 3.8) is 0 Å². The Morgan fingerprint density at radius 2 is 1.83 bits per heavy atom. The van der Waals surface area contributed by atoms with Crippen molar-refractivity contribution in [2.45, 2.75) is 50.2 Å². The second kappa shape index (κ2) is 10.2. The van der Waals surface area contributed by atoms with Crippen LogP contribution in [0.15, 0.2) is 12.7 Å². The third-order valence-corrected chi connectivity index (χ3v) is 6.19. The third-order valence-electron chi connectivity index (χ3n) is 5.21. The number of amides is 1. The molecule has 2 fully saturated rings. The van der Waals surface area contributed by atoms with Crippen molar-refractivity contribution >= 4 is 48.6 Å². The Balaban J connectivity index is 1.62. The number of phosphoric acid groups is 1. The van der Waals surface area contributed by atoms with Crippen LogP contribution in [0.1, 0.15) is 31.9 Å². The van der Waals surface area contributed by atoms with Crippen molar-refractivity contribution in [1.29, 1.82) is 0 Å². The Hall–Kier alpha value is -3.50. The number of carboxylic acid groups (broad SMARTS) is 2. The molecular formula is C18H20N5O12P. The lowest BCUT2D eigenvalue weighted by Gasteiger charge is -2.29. The van der Waals surface area contributed by atoms with Gasteiger partial charge in [-0.25, -0.2) is 19.5 Å². The number of imidazole rings is 1. The summed E-state index contributed by atoms with van der Waals surface area (Å²) in [6.07, 6.45) is -3.99. The van der Waals surface area contributed by atoms with Crippen LogP contribution < -0.4 is 5.32 Å². The fourth-order valence-corrected chi connectivity index (χ4v) is 4.59. The smallest absolute Gasteiger partial charge is 0.472 e. The molecule has 1 unspecified atom stereocenters. The van der Waals surface area contributed by atoms with Gasteiger partial charge in [-0.3, -0.25) is 32.8 Å². The number of carbonyl (C=O) groups is 4. The molecule has 36 heavy (non-hydrogen) atoms. The summed E-state index contributed by atoms with van der Waals surface area (Å²) in [4.78, 5) is 67.9. The molecule has 2 aromatic heterocycles. The number of hydrogen-bond donors (Lipinski definition) is 4. The predicted molar refractivity (Wildman–Crippen MR) is 112 cm³/mol. The molecular weight excluding hydrogens is 509 g/mol. The van der Waals surface area contributed by atoms with Crippen molar-refractivity contribution in [1.82, 2.24) is 19.5 Å². The van der Waals surface area contributed by atoms with Crippen molar-refractivity contribution in [2.75, 3.05) is 11.9 Å². The van der Waals surface area contributed by atoms with Crippen molar-refractivity contribution < 1.29 is 57.4 Å². The number of carbonyl (C=O) groups excluding carboxylic acids is 2. The summed E-state index contributed by atoms with van der Waals surface area (Å²) in [5, 5.41) is 20.0. The number of rotatable bonds is 9. The van der Waals surface area contributed by atoms with Gasteiger partial charge in [0.1, 0.15) is 18.5 Å². The first kappa shape index (κ1) is 25.6. The number of ether oxygens (including phenoxy) is 2. The molecule has 2 aliphatic heterocycles. The van der Waals surface area contributed by atoms with Gasteiger partial charge in [0.2, 0.25) is 5.91 Å². The summed E-state index contributed by atoms with van der Waals surface area (Å²) in [6.45, 7) is -0.357. The average molecular weight is 529 g/mol. The molecule has 0 radical (unpaired) electrons. The van der Waals surface area contributed by atoms with E-state index in [1.165, 1.54) is 10.9 Å². The van der Waals surface area contributed by atoms with Gasteiger partial charge in [-0.15, -0.1) is 0 Å². The van der Waals surface area contributed by atoms with Crippen LogP contribution in [0, 0.1) is 0 Å². The second-order valence-electron chi connectivity index (χ2n) is 7.74. The van der Waals surface area contributed by atoms with E-state index in [4.69, 9.17) is 28.7 Å². The highest BCUT2D eigenvalue weighted by Gasteiger charge is 2.55. The van der Waals surface area contributed by atoms with Gasteiger partial charge in [0.25, 0.3) is 0 Å². The summed E-state index contributed by atoms with van der Waals surface area (Å²) in [6, 6.07) is 0. The number of nitrogens with zero attached hydrogens (tertiary/aromatic N) is 4. The molecule has 1 amide bonds. The maximum atomic E-state index is 12.3. The fraction of sp³-hybridized carbons (Fsp3) is 0.500. The largest absolute Gasteiger partial charge is 0.481 e. The zero-order valence-corrected chi connectivity index (χ0v) is 19.1. The predicted octanol–water partition coefficient (Wildman–Crippen LogP) is -0.181. The molecule has 2 aliphatic rings. The molecule has 18 heteroatoms. The molecule has 17 nitrogen and oxygen atoms in total. The van der Waals surface area contributed by atoms with E-state index in [0.717, 1.165) is 6.33 Å². The van der Waals surface area contributed by atoms with Gasteiger partial charge >= 0.3 is 25.7 Å². The van der Waals surface area contributed by atoms with Gasteiger partial charge in [0.15, 0.2) is 29.3 Å². The standard InChI is InChI=1S/C18H20N5O12P/c24-9(1-2-10(25)26)22-16-13-17(20-6-19-16)23(7-21-13)18-15(34-12(29)4-3-11(27)28)14-8(33-18)5-32-36(30,31)35-14/h6-8,14-15,18H,1-5H2,(H,25,26)(H,27,28)(H,30,31)(H,19,20,22,24)/t8-,14-,15+,18-/m1/s1. The number of phosphoric ester groups is 1. The quantitative estimate of drug-likeness (QED) is 0.243. The number of nitrogens with one attached hydrogen (secondary N) is 1. The lowest BCUT2D eigenvalue weighted by molar-refractivity contribution is -0.160. The number of fused-ring (bicyclic) bond motifs is 2. The topological polar surface area (TPSA) is 239 Å². The highest BCUT2D eigenvalue weighted by Crippen LogP contribution is 2.53. The van der Waals surface area contributed by atoms with E-state index in [9.17, 15) is 28.6 Å². The van der Waals surface area contributed by atoms with E-state index < -0.39 is 69.0 Å². The number of anilines is 1. The number of aliphatic carboxylic acids is 2. The van der Waals surface area contributed by atoms with E-state index >= 15 is 0 Å². The van der Waals surface area contributed by atoms with Crippen LogP contribution in [0.4, 0.5) is 5.82 Å². The molecule has 4 heterocycles. The normalized spacial score (nSPS) is 27.4. The first-order valence-corrected chi connectivity index (χ1v) is 12.0. The van der Waals surface area contributed by atoms with Crippen LogP contribution in [0.5, 0.6) is 0 Å². The van der Waals surface area contributed by atoms with Gasteiger partial charge in [-0.1, -0.05) is 0 Å². The molecule has 0 aliphatic carbocycles. The van der Waals surface area contributed by atoms with Crippen molar-refractivity contribution in [3.8, 4) is 0 Å². The van der Waals surface area contributed by atoms with Crippen LogP contribution in [0.3, 0.4) is 0 Å². The Kier molecular flexibility index (Phi) is 7.28. The highest BCUT2D eigenvalue weighted by atomic mass is 31.2.